The molecule has 2 aromatic heterocycles. The van der Waals surface area contributed by atoms with Gasteiger partial charge in [0.2, 0.25) is 17.8 Å². The molecule has 4 aromatic rings. The Hall–Kier alpha value is -4.47. The number of imidazole rings is 2. The van der Waals surface area contributed by atoms with Crippen LogP contribution in [0.1, 0.15) is 25.8 Å². The van der Waals surface area contributed by atoms with Crippen molar-refractivity contribution in [2.75, 3.05) is 22.1 Å². The van der Waals surface area contributed by atoms with Crippen molar-refractivity contribution < 1.29 is 14.4 Å². The second-order valence-corrected chi connectivity index (χ2v) is 8.44. The Morgan fingerprint density at radius 1 is 1.00 bits per heavy atom. The lowest BCUT2D eigenvalue weighted by Crippen LogP contribution is -2.32. The molecule has 1 aliphatic rings. The zero-order chi connectivity index (χ0) is 24.4. The quantitative estimate of drug-likeness (QED) is 0.410. The number of amides is 3. The maximum atomic E-state index is 13.4. The molecule has 0 radical (unpaired) electrons. The number of carbonyl (C=O) groups excluding carboxylic acids is 3. The largest absolute Gasteiger partial charge is 0.337 e. The van der Waals surface area contributed by atoms with Gasteiger partial charge >= 0.3 is 0 Å². The van der Waals surface area contributed by atoms with Gasteiger partial charge in [0.25, 0.3) is 5.91 Å². The van der Waals surface area contributed by atoms with Gasteiger partial charge in [0.1, 0.15) is 6.04 Å². The van der Waals surface area contributed by atoms with E-state index in [4.69, 9.17) is 4.98 Å². The van der Waals surface area contributed by atoms with Crippen LogP contribution in [0.2, 0.25) is 0 Å². The summed E-state index contributed by atoms with van der Waals surface area (Å²) in [6.07, 6.45) is 6.07. The van der Waals surface area contributed by atoms with Crippen LogP contribution in [0.3, 0.4) is 0 Å². The minimum Gasteiger partial charge on any atom is -0.337 e. The molecule has 0 saturated heterocycles. The first-order chi connectivity index (χ1) is 17.0. The number of aromatic nitrogens is 4. The van der Waals surface area contributed by atoms with Gasteiger partial charge < -0.3 is 15.2 Å². The monoisotopic (exact) mass is 471 g/mol. The third-order valence-corrected chi connectivity index (χ3v) is 5.91. The molecule has 3 heterocycles. The Kier molecular flexibility index (Phi) is 6.01. The van der Waals surface area contributed by atoms with E-state index in [0.29, 0.717) is 23.9 Å². The average Bonchev–Trinajstić information content (AvgIpc) is 3.53. The number of fused-ring (bicyclic) bond motifs is 3. The first-order valence-electron chi connectivity index (χ1n) is 11.4. The second kappa shape index (κ2) is 9.41. The molecule has 2 aromatic carbocycles. The van der Waals surface area contributed by atoms with E-state index in [9.17, 15) is 14.4 Å². The lowest BCUT2D eigenvalue weighted by atomic mass is 10.1. The first-order valence-corrected chi connectivity index (χ1v) is 11.4. The van der Waals surface area contributed by atoms with E-state index in [1.165, 1.54) is 6.92 Å². The first kappa shape index (κ1) is 22.3. The van der Waals surface area contributed by atoms with Gasteiger partial charge in [-0.15, -0.1) is 0 Å². The zero-order valence-corrected chi connectivity index (χ0v) is 19.2. The average molecular weight is 472 g/mol. The van der Waals surface area contributed by atoms with Crippen molar-refractivity contribution in [2.45, 2.75) is 32.4 Å². The number of hydrogen-bond acceptors (Lipinski definition) is 5. The summed E-state index contributed by atoms with van der Waals surface area (Å²) >= 11 is 0. The van der Waals surface area contributed by atoms with E-state index < -0.39 is 6.04 Å². The Bertz CT molecular complexity index is 1380. The number of benzene rings is 2. The third-order valence-electron chi connectivity index (χ3n) is 5.91. The summed E-state index contributed by atoms with van der Waals surface area (Å²) in [4.78, 5) is 48.0. The molecule has 2 N–H and O–H groups in total. The molecule has 178 valence electrons. The van der Waals surface area contributed by atoms with Crippen molar-refractivity contribution in [3.63, 3.8) is 0 Å². The summed E-state index contributed by atoms with van der Waals surface area (Å²) < 4.78 is 3.83. The molecule has 10 heteroatoms. The summed E-state index contributed by atoms with van der Waals surface area (Å²) in [5.74, 6) is -0.0153. The molecule has 1 atom stereocenters. The molecule has 0 saturated carbocycles. The summed E-state index contributed by atoms with van der Waals surface area (Å²) in [5, 5.41) is 5.54. The molecule has 0 fully saturated rings. The highest BCUT2D eigenvalue weighted by Crippen LogP contribution is 2.36. The van der Waals surface area contributed by atoms with Crippen LogP contribution >= 0.6 is 0 Å². The summed E-state index contributed by atoms with van der Waals surface area (Å²) in [6, 6.07) is 13.8. The van der Waals surface area contributed by atoms with Gasteiger partial charge in [-0.3, -0.25) is 23.9 Å². The Labute approximate surface area is 201 Å². The molecule has 0 bridgehead atoms. The molecular formula is C25H25N7O3. The molecule has 1 aliphatic heterocycles. The normalized spacial score (nSPS) is 14.8. The smallest absolute Gasteiger partial charge is 0.253 e. The van der Waals surface area contributed by atoms with E-state index in [1.54, 1.807) is 41.7 Å². The SMILES string of the molecule is CC(=O)Nc1ccc(NC(=O)CC2C(=O)N(CCCn3ccnc3)c3nc4ccccc4n32)cc1. The summed E-state index contributed by atoms with van der Waals surface area (Å²) in [5.41, 5.74) is 2.84. The number of anilines is 3. The fourth-order valence-electron chi connectivity index (χ4n) is 4.37. The Morgan fingerprint density at radius 3 is 2.46 bits per heavy atom. The topological polar surface area (TPSA) is 114 Å². The highest BCUT2D eigenvalue weighted by molar-refractivity contribution is 6.05. The van der Waals surface area contributed by atoms with Crippen molar-refractivity contribution in [1.29, 1.82) is 0 Å². The van der Waals surface area contributed by atoms with Gasteiger partial charge in [-0.25, -0.2) is 9.97 Å². The molecule has 3 amide bonds. The van der Waals surface area contributed by atoms with E-state index in [0.717, 1.165) is 24.0 Å². The van der Waals surface area contributed by atoms with Gasteiger partial charge in [0.05, 0.1) is 23.8 Å². The standard InChI is InChI=1S/C25H25N7O3/c1-17(33)27-18-7-9-19(10-8-18)28-23(34)15-22-24(35)31(13-4-12-30-14-11-26-16-30)25-29-20-5-2-3-6-21(20)32(22)25/h2-3,5-11,14,16,22H,4,12-13,15H2,1H3,(H,27,33)(H,28,34). The number of para-hydroxylation sites is 2. The number of hydrogen-bond donors (Lipinski definition) is 2. The van der Waals surface area contributed by atoms with Gasteiger partial charge in [0.15, 0.2) is 0 Å². The Morgan fingerprint density at radius 2 is 1.74 bits per heavy atom. The minimum atomic E-state index is -0.677. The maximum Gasteiger partial charge on any atom is 0.253 e. The third kappa shape index (κ3) is 4.63. The van der Waals surface area contributed by atoms with Crippen LogP contribution < -0.4 is 15.5 Å². The van der Waals surface area contributed by atoms with E-state index in [2.05, 4.69) is 15.6 Å². The number of nitrogens with zero attached hydrogens (tertiary/aromatic N) is 5. The number of aryl methyl sites for hydroxylation is 1. The van der Waals surface area contributed by atoms with Crippen molar-refractivity contribution in [3.8, 4) is 0 Å². The van der Waals surface area contributed by atoms with Gasteiger partial charge in [-0.2, -0.15) is 0 Å². The maximum absolute atomic E-state index is 13.4. The van der Waals surface area contributed by atoms with Crippen LogP contribution in [-0.2, 0) is 20.9 Å². The van der Waals surface area contributed by atoms with Crippen LogP contribution in [0.15, 0.2) is 67.3 Å². The van der Waals surface area contributed by atoms with Crippen molar-refractivity contribution >= 4 is 46.1 Å². The molecule has 5 rings (SSSR count). The van der Waals surface area contributed by atoms with Crippen LogP contribution in [0, 0.1) is 0 Å². The highest BCUT2D eigenvalue weighted by Gasteiger charge is 2.40. The number of rotatable bonds is 8. The molecule has 1 unspecified atom stereocenters. The molecule has 0 aliphatic carbocycles. The van der Waals surface area contributed by atoms with Crippen LogP contribution in [0.5, 0.6) is 0 Å². The predicted molar refractivity (Wildman–Crippen MR) is 132 cm³/mol. The lowest BCUT2D eigenvalue weighted by molar-refractivity contribution is -0.124. The number of carbonyl (C=O) groups is 3. The minimum absolute atomic E-state index is 0.0162. The molecule has 0 spiro atoms. The van der Waals surface area contributed by atoms with Crippen molar-refractivity contribution in [2.24, 2.45) is 0 Å². The van der Waals surface area contributed by atoms with Gasteiger partial charge in [-0.05, 0) is 42.8 Å². The van der Waals surface area contributed by atoms with E-state index in [1.807, 2.05) is 39.6 Å². The van der Waals surface area contributed by atoms with Gasteiger partial charge in [-0.1, -0.05) is 12.1 Å². The van der Waals surface area contributed by atoms with E-state index in [-0.39, 0.29) is 24.1 Å². The highest BCUT2D eigenvalue weighted by atomic mass is 16.2. The van der Waals surface area contributed by atoms with Crippen molar-refractivity contribution in [1.82, 2.24) is 19.1 Å². The van der Waals surface area contributed by atoms with E-state index >= 15 is 0 Å². The zero-order valence-electron chi connectivity index (χ0n) is 19.2. The fraction of sp³-hybridized carbons (Fsp3) is 0.240. The molecule has 10 nitrogen and oxygen atoms in total. The molecule has 35 heavy (non-hydrogen) atoms. The predicted octanol–water partition coefficient (Wildman–Crippen LogP) is 3.20. The fourth-order valence-corrected chi connectivity index (χ4v) is 4.37. The second-order valence-electron chi connectivity index (χ2n) is 8.44. The Balaban J connectivity index is 1.33. The van der Waals surface area contributed by atoms with Crippen LogP contribution in [0.25, 0.3) is 11.0 Å². The van der Waals surface area contributed by atoms with Crippen molar-refractivity contribution in [3.05, 3.63) is 67.3 Å². The van der Waals surface area contributed by atoms with Crippen LogP contribution in [-0.4, -0.2) is 43.4 Å². The summed E-state index contributed by atoms with van der Waals surface area (Å²) in [6.45, 7) is 2.65. The van der Waals surface area contributed by atoms with Gasteiger partial charge in [0, 0.05) is 43.8 Å². The molecular weight excluding hydrogens is 446 g/mol. The number of nitrogens with one attached hydrogen (secondary N) is 2. The summed E-state index contributed by atoms with van der Waals surface area (Å²) in [7, 11) is 0. The van der Waals surface area contributed by atoms with Crippen LogP contribution in [0.4, 0.5) is 17.3 Å². The lowest BCUT2D eigenvalue weighted by Gasteiger charge is -2.16.